The number of rotatable bonds is 86. The van der Waals surface area contributed by atoms with E-state index in [1.807, 2.05) is 0 Å². The van der Waals surface area contributed by atoms with Crippen LogP contribution in [0.3, 0.4) is 0 Å². The maximum absolute atomic E-state index is 13.2. The second kappa shape index (κ2) is 80.2. The summed E-state index contributed by atoms with van der Waals surface area (Å²) < 4.78 is 68.8. The van der Waals surface area contributed by atoms with E-state index >= 15 is 0 Å². The van der Waals surface area contributed by atoms with Crippen LogP contribution < -0.4 is 0 Å². The largest absolute Gasteiger partial charge is 0.472 e. The molecule has 0 heterocycles. The minimum absolute atomic E-state index is 0.0845. The van der Waals surface area contributed by atoms with Crippen molar-refractivity contribution < 1.29 is 80.2 Å². The number of allylic oxidation sites excluding steroid dienone is 4. The third kappa shape index (κ3) is 81.4. The van der Waals surface area contributed by atoms with Crippen LogP contribution in [0.1, 0.15) is 452 Å². The molecule has 2 unspecified atom stereocenters. The molecule has 0 bridgehead atoms. The van der Waals surface area contributed by atoms with Crippen molar-refractivity contribution in [3.8, 4) is 0 Å². The lowest BCUT2D eigenvalue weighted by atomic mass is 10.0. The second-order valence-electron chi connectivity index (χ2n) is 31.4. The Balaban J connectivity index is 5.22. The van der Waals surface area contributed by atoms with Gasteiger partial charge < -0.3 is 33.8 Å². The zero-order chi connectivity index (χ0) is 78.3. The minimum Gasteiger partial charge on any atom is -0.462 e. The maximum Gasteiger partial charge on any atom is 0.472 e. The van der Waals surface area contributed by atoms with Crippen LogP contribution in [0, 0.1) is 5.92 Å². The van der Waals surface area contributed by atoms with Crippen molar-refractivity contribution in [1.82, 2.24) is 0 Å². The Kier molecular flexibility index (Phi) is 78.3. The third-order valence-corrected chi connectivity index (χ3v) is 22.1. The van der Waals surface area contributed by atoms with Crippen LogP contribution in [0.5, 0.6) is 0 Å². The topological polar surface area (TPSA) is 237 Å². The Bertz CT molecular complexity index is 2130. The Hall–Kier alpha value is -2.46. The molecule has 0 fully saturated rings. The molecule has 0 aromatic heterocycles. The molecule has 632 valence electrons. The zero-order valence-electron chi connectivity index (χ0n) is 69.8. The summed E-state index contributed by atoms with van der Waals surface area (Å²) >= 11 is 0. The Labute approximate surface area is 656 Å². The highest BCUT2D eigenvalue weighted by Gasteiger charge is 2.30. The molecule has 0 aliphatic carbocycles. The quantitative estimate of drug-likeness (QED) is 0.0169. The van der Waals surface area contributed by atoms with E-state index in [1.165, 1.54) is 257 Å². The average molecular weight is 1560 g/mol. The highest BCUT2D eigenvalue weighted by Crippen LogP contribution is 2.45. The highest BCUT2D eigenvalue weighted by molar-refractivity contribution is 7.47. The summed E-state index contributed by atoms with van der Waals surface area (Å²) in [6.07, 6.45) is 77.6. The number of phosphoric ester groups is 2. The summed E-state index contributed by atoms with van der Waals surface area (Å²) in [4.78, 5) is 73.2. The van der Waals surface area contributed by atoms with Gasteiger partial charge in [-0.15, -0.1) is 0 Å². The fraction of sp³-hybridized carbons (Fsp3) is 0.909. The van der Waals surface area contributed by atoms with Crippen LogP contribution >= 0.6 is 15.6 Å². The average Bonchev–Trinajstić information content (AvgIpc) is 0.903. The van der Waals surface area contributed by atoms with Crippen LogP contribution in [0.15, 0.2) is 24.3 Å². The number of aliphatic hydroxyl groups is 1. The van der Waals surface area contributed by atoms with Crippen molar-refractivity contribution in [3.63, 3.8) is 0 Å². The molecule has 107 heavy (non-hydrogen) atoms. The van der Waals surface area contributed by atoms with Crippen molar-refractivity contribution in [1.29, 1.82) is 0 Å². The third-order valence-electron chi connectivity index (χ3n) is 20.2. The maximum atomic E-state index is 13.2. The van der Waals surface area contributed by atoms with Crippen molar-refractivity contribution in [3.05, 3.63) is 24.3 Å². The monoisotopic (exact) mass is 1560 g/mol. The summed E-state index contributed by atoms with van der Waals surface area (Å²) in [7, 11) is -9.94. The second-order valence-corrected chi connectivity index (χ2v) is 34.3. The first kappa shape index (κ1) is 105. The number of carbonyl (C=O) groups excluding carboxylic acids is 4. The molecule has 0 aromatic carbocycles. The Morgan fingerprint density at radius 3 is 0.766 bits per heavy atom. The van der Waals surface area contributed by atoms with Crippen LogP contribution in [0.25, 0.3) is 0 Å². The first-order chi connectivity index (χ1) is 52.0. The van der Waals surface area contributed by atoms with Gasteiger partial charge in [-0.2, -0.15) is 0 Å². The van der Waals surface area contributed by atoms with Gasteiger partial charge in [0.25, 0.3) is 0 Å². The van der Waals surface area contributed by atoms with Crippen molar-refractivity contribution in [2.45, 2.75) is 470 Å². The van der Waals surface area contributed by atoms with Gasteiger partial charge in [0.05, 0.1) is 26.4 Å². The number of unbranched alkanes of at least 4 members (excludes halogenated alkanes) is 55. The van der Waals surface area contributed by atoms with Gasteiger partial charge in [0, 0.05) is 25.7 Å². The molecule has 0 aliphatic heterocycles. The number of ether oxygens (including phenoxy) is 4. The van der Waals surface area contributed by atoms with E-state index in [9.17, 15) is 43.2 Å². The lowest BCUT2D eigenvalue weighted by Gasteiger charge is -2.21. The number of carbonyl (C=O) groups is 4. The molecule has 0 saturated heterocycles. The molecule has 0 radical (unpaired) electrons. The molecule has 3 N–H and O–H groups in total. The molecule has 5 atom stereocenters. The van der Waals surface area contributed by atoms with E-state index in [4.69, 9.17) is 37.0 Å². The highest BCUT2D eigenvalue weighted by atomic mass is 31.2. The van der Waals surface area contributed by atoms with Gasteiger partial charge in [-0.25, -0.2) is 9.13 Å². The van der Waals surface area contributed by atoms with Gasteiger partial charge in [-0.1, -0.05) is 399 Å². The first-order valence-corrected chi connectivity index (χ1v) is 47.9. The summed E-state index contributed by atoms with van der Waals surface area (Å²) in [6.45, 7) is 7.21. The molecule has 0 aliphatic rings. The normalized spacial score (nSPS) is 13.9. The van der Waals surface area contributed by atoms with Crippen molar-refractivity contribution in [2.75, 3.05) is 39.6 Å². The number of esters is 4. The van der Waals surface area contributed by atoms with Crippen LogP contribution in [0.2, 0.25) is 0 Å². The van der Waals surface area contributed by atoms with Gasteiger partial charge in [0.15, 0.2) is 12.2 Å². The number of aliphatic hydroxyl groups excluding tert-OH is 1. The van der Waals surface area contributed by atoms with Crippen molar-refractivity contribution in [2.24, 2.45) is 5.92 Å². The van der Waals surface area contributed by atoms with Gasteiger partial charge in [-0.05, 0) is 57.3 Å². The molecular weight excluding hydrogens is 1390 g/mol. The van der Waals surface area contributed by atoms with E-state index in [-0.39, 0.29) is 25.7 Å². The molecule has 0 aromatic rings. The Morgan fingerprint density at radius 2 is 0.505 bits per heavy atom. The molecule has 0 spiro atoms. The number of hydrogen-bond donors (Lipinski definition) is 3. The molecule has 17 nitrogen and oxygen atoms in total. The van der Waals surface area contributed by atoms with Gasteiger partial charge in [-0.3, -0.25) is 37.3 Å². The van der Waals surface area contributed by atoms with E-state index in [0.29, 0.717) is 31.6 Å². The van der Waals surface area contributed by atoms with E-state index in [2.05, 4.69) is 58.9 Å². The lowest BCUT2D eigenvalue weighted by Crippen LogP contribution is -2.30. The molecule has 0 rings (SSSR count). The van der Waals surface area contributed by atoms with E-state index < -0.39 is 97.5 Å². The fourth-order valence-corrected chi connectivity index (χ4v) is 14.9. The molecular formula is C88H168O17P2. The zero-order valence-corrected chi connectivity index (χ0v) is 71.6. The predicted molar refractivity (Wildman–Crippen MR) is 441 cm³/mol. The fourth-order valence-electron chi connectivity index (χ4n) is 13.3. The summed E-state index contributed by atoms with van der Waals surface area (Å²) in [5.74, 6) is -1.46. The summed E-state index contributed by atoms with van der Waals surface area (Å²) in [6, 6.07) is 0. The summed E-state index contributed by atoms with van der Waals surface area (Å²) in [5.41, 5.74) is 0. The number of hydrogen-bond acceptors (Lipinski definition) is 15. The summed E-state index contributed by atoms with van der Waals surface area (Å²) in [5, 5.41) is 10.7. The predicted octanol–water partition coefficient (Wildman–Crippen LogP) is 26.7. The van der Waals surface area contributed by atoms with Gasteiger partial charge in [0.1, 0.15) is 19.3 Å². The van der Waals surface area contributed by atoms with Crippen LogP contribution in [-0.4, -0.2) is 96.7 Å². The van der Waals surface area contributed by atoms with Gasteiger partial charge in [0.2, 0.25) is 0 Å². The van der Waals surface area contributed by atoms with E-state index in [0.717, 1.165) is 109 Å². The minimum atomic E-state index is -4.97. The lowest BCUT2D eigenvalue weighted by molar-refractivity contribution is -0.161. The smallest absolute Gasteiger partial charge is 0.462 e. The Morgan fingerprint density at radius 1 is 0.290 bits per heavy atom. The standard InChI is InChI=1S/C88H168O17P2/c1-6-9-12-15-18-21-24-27-30-32-34-36-38-40-42-45-48-51-54-57-64-69-73-87(92)104-83(77-98-85(90)71-66-61-55-52-49-46-44-41-39-37-35-33-31-28-25-22-19-16-13-10-7-2)79-102-106(94,95)100-75-82(89)76-101-107(96,97)103-80-84(78-99-86(91)72-67-62-59-58-60-65-70-81(4)5)105-88(93)74-68-63-56-53-50-47-43-29-26-23-20-17-14-11-8-3/h23,26,29,43,81-84,89H,6-22,24-25,27-28,30-42,44-80H2,1-5H3,(H,94,95)(H,96,97)/b26-23-,43-29-/t82-,83-,84-/m1/s1. The first-order valence-electron chi connectivity index (χ1n) is 45.0. The van der Waals surface area contributed by atoms with Crippen molar-refractivity contribution >= 4 is 39.5 Å². The van der Waals surface area contributed by atoms with E-state index in [1.54, 1.807) is 0 Å². The molecule has 0 amide bonds. The number of phosphoric acid groups is 2. The van der Waals surface area contributed by atoms with Gasteiger partial charge >= 0.3 is 39.5 Å². The van der Waals surface area contributed by atoms with Crippen LogP contribution in [-0.2, 0) is 65.4 Å². The molecule has 19 heteroatoms. The molecule has 0 saturated carbocycles. The van der Waals surface area contributed by atoms with Crippen LogP contribution in [0.4, 0.5) is 0 Å². The SMILES string of the molecule is CCCCCC/C=C\C=C/CCCCCCCC(=O)O[C@H](COC(=O)CCCCCCCCC(C)C)COP(=O)(O)OC[C@H](O)COP(=O)(O)OC[C@@H](COC(=O)CCCCCCCCCCCCCCCCCCCCCCC)OC(=O)CCCCCCCCCCCCCCCCCCCCCCCC.